The Bertz CT molecular complexity index is 948. The van der Waals surface area contributed by atoms with Crippen LogP contribution in [-0.2, 0) is 12.6 Å². The summed E-state index contributed by atoms with van der Waals surface area (Å²) in [5.41, 5.74) is 0.608. The van der Waals surface area contributed by atoms with Gasteiger partial charge in [0, 0.05) is 17.6 Å². The molecule has 0 unspecified atom stereocenters. The van der Waals surface area contributed by atoms with E-state index in [1.807, 2.05) is 0 Å². The Balaban J connectivity index is 1.64. The van der Waals surface area contributed by atoms with E-state index in [0.29, 0.717) is 41.4 Å². The highest BCUT2D eigenvalue weighted by molar-refractivity contribution is 7.13. The lowest BCUT2D eigenvalue weighted by Crippen LogP contribution is -2.35. The van der Waals surface area contributed by atoms with E-state index in [1.54, 1.807) is 17.5 Å². The Morgan fingerprint density at radius 3 is 2.85 bits per heavy atom. The lowest BCUT2D eigenvalue weighted by atomic mass is 9.98. The monoisotopic (exact) mass is 378 g/mol. The lowest BCUT2D eigenvalue weighted by molar-refractivity contribution is -0.137. The largest absolute Gasteiger partial charge is 0.462 e. The molecule has 1 aliphatic rings. The van der Waals surface area contributed by atoms with Gasteiger partial charge >= 0.3 is 6.18 Å². The zero-order valence-electron chi connectivity index (χ0n) is 13.4. The van der Waals surface area contributed by atoms with Crippen molar-refractivity contribution in [2.24, 2.45) is 0 Å². The fourth-order valence-corrected chi connectivity index (χ4v) is 3.77. The summed E-state index contributed by atoms with van der Waals surface area (Å²) in [5.74, 6) is 0.252. The molecule has 4 nitrogen and oxygen atoms in total. The molecule has 8 heteroatoms. The second kappa shape index (κ2) is 6.28. The Labute approximate surface area is 150 Å². The van der Waals surface area contributed by atoms with Crippen LogP contribution in [0, 0.1) is 0 Å². The predicted molar refractivity (Wildman–Crippen MR) is 91.3 cm³/mol. The first-order valence-electron chi connectivity index (χ1n) is 7.95. The molecule has 3 aromatic rings. The number of nitrogens with zero attached hydrogens (tertiary/aromatic N) is 2. The van der Waals surface area contributed by atoms with Crippen LogP contribution >= 0.6 is 11.3 Å². The highest BCUT2D eigenvalue weighted by Crippen LogP contribution is 2.36. The van der Waals surface area contributed by atoms with Gasteiger partial charge in [0.1, 0.15) is 5.69 Å². The highest BCUT2D eigenvalue weighted by atomic mass is 32.1. The van der Waals surface area contributed by atoms with Crippen molar-refractivity contribution in [3.8, 4) is 10.8 Å². The first-order valence-corrected chi connectivity index (χ1v) is 8.83. The number of benzene rings is 1. The first kappa shape index (κ1) is 16.8. The van der Waals surface area contributed by atoms with Gasteiger partial charge in [0.2, 0.25) is 0 Å². The minimum atomic E-state index is -4.39. The van der Waals surface area contributed by atoms with Crippen LogP contribution in [0.2, 0.25) is 0 Å². The molecule has 0 fully saturated rings. The van der Waals surface area contributed by atoms with Crippen molar-refractivity contribution < 1.29 is 22.4 Å². The van der Waals surface area contributed by atoms with E-state index in [9.17, 15) is 18.0 Å². The molecule has 1 aliphatic heterocycles. The molecule has 0 saturated heterocycles. The van der Waals surface area contributed by atoms with Crippen LogP contribution < -0.4 is 4.90 Å². The number of fused-ring (bicyclic) bond motifs is 1. The van der Waals surface area contributed by atoms with Crippen molar-refractivity contribution in [1.29, 1.82) is 0 Å². The lowest BCUT2D eigenvalue weighted by Gasteiger charge is -2.29. The summed E-state index contributed by atoms with van der Waals surface area (Å²) in [6.45, 7) is 0.449. The van der Waals surface area contributed by atoms with Crippen LogP contribution in [0.3, 0.4) is 0 Å². The molecule has 3 heterocycles. The van der Waals surface area contributed by atoms with Crippen LogP contribution in [0.25, 0.3) is 10.8 Å². The fraction of sp³-hybridized carbons (Fsp3) is 0.222. The number of thiazole rings is 1. The molecule has 0 radical (unpaired) electrons. The Morgan fingerprint density at radius 2 is 2.12 bits per heavy atom. The van der Waals surface area contributed by atoms with E-state index in [1.165, 1.54) is 28.6 Å². The molecule has 4 rings (SSSR count). The number of halogens is 3. The number of aromatic nitrogens is 1. The number of aryl methyl sites for hydroxylation is 1. The minimum Gasteiger partial charge on any atom is -0.462 e. The van der Waals surface area contributed by atoms with Crippen molar-refractivity contribution in [2.75, 3.05) is 11.4 Å². The molecule has 134 valence electrons. The maximum absolute atomic E-state index is 12.9. The van der Waals surface area contributed by atoms with Gasteiger partial charge in [-0.2, -0.15) is 13.2 Å². The summed E-state index contributed by atoms with van der Waals surface area (Å²) in [5, 5.41) is 2.22. The number of hydrogen-bond acceptors (Lipinski definition) is 4. The predicted octanol–water partition coefficient (Wildman–Crippen LogP) is 5.01. The summed E-state index contributed by atoms with van der Waals surface area (Å²) < 4.78 is 44.0. The second-order valence-electron chi connectivity index (χ2n) is 5.92. The smallest absolute Gasteiger partial charge is 0.416 e. The Kier molecular flexibility index (Phi) is 4.07. The average molecular weight is 378 g/mol. The van der Waals surface area contributed by atoms with E-state index in [-0.39, 0.29) is 11.6 Å². The number of alkyl halides is 3. The first-order chi connectivity index (χ1) is 12.4. The molecule has 0 saturated carbocycles. The number of amides is 1. The summed E-state index contributed by atoms with van der Waals surface area (Å²) in [6, 6.07) is 7.00. The molecule has 0 atom stereocenters. The number of anilines is 1. The highest BCUT2D eigenvalue weighted by Gasteiger charge is 2.33. The third-order valence-corrected chi connectivity index (χ3v) is 5.08. The molecule has 1 amide bonds. The van der Waals surface area contributed by atoms with Crippen molar-refractivity contribution in [1.82, 2.24) is 4.98 Å². The average Bonchev–Trinajstić information content (AvgIpc) is 3.30. The second-order valence-corrected chi connectivity index (χ2v) is 6.77. The quantitative estimate of drug-likeness (QED) is 0.629. The van der Waals surface area contributed by atoms with Gasteiger partial charge in [-0.25, -0.2) is 4.98 Å². The van der Waals surface area contributed by atoms with Gasteiger partial charge in [0.25, 0.3) is 5.91 Å². The van der Waals surface area contributed by atoms with Gasteiger partial charge in [-0.15, -0.1) is 11.3 Å². The van der Waals surface area contributed by atoms with Crippen LogP contribution in [0.15, 0.2) is 46.4 Å². The van der Waals surface area contributed by atoms with E-state index >= 15 is 0 Å². The maximum Gasteiger partial charge on any atom is 0.416 e. The van der Waals surface area contributed by atoms with Crippen LogP contribution in [0.4, 0.5) is 18.9 Å². The van der Waals surface area contributed by atoms with Crippen LogP contribution in [0.1, 0.15) is 28.0 Å². The minimum absolute atomic E-state index is 0.258. The van der Waals surface area contributed by atoms with Crippen LogP contribution in [-0.4, -0.2) is 17.4 Å². The fourth-order valence-electron chi connectivity index (χ4n) is 3.01. The molecule has 0 bridgehead atoms. The van der Waals surface area contributed by atoms with Crippen molar-refractivity contribution in [3.05, 3.63) is 58.8 Å². The van der Waals surface area contributed by atoms with Gasteiger partial charge in [-0.1, -0.05) is 0 Å². The van der Waals surface area contributed by atoms with Gasteiger partial charge < -0.3 is 9.32 Å². The molecular formula is C18H13F3N2O2S. The van der Waals surface area contributed by atoms with Crippen molar-refractivity contribution in [2.45, 2.75) is 19.0 Å². The third-order valence-electron chi connectivity index (χ3n) is 4.23. The zero-order valence-corrected chi connectivity index (χ0v) is 14.2. The van der Waals surface area contributed by atoms with E-state index < -0.39 is 11.7 Å². The van der Waals surface area contributed by atoms with Crippen LogP contribution in [0.5, 0.6) is 0 Å². The number of furan rings is 1. The molecule has 1 aromatic carbocycles. The standard InChI is InChI=1S/C18H13F3N2O2S/c19-18(20,21)12-5-6-14-11(9-12)3-1-7-23(14)17(24)13-10-26-16(22-13)15-4-2-8-25-15/h2,4-6,8-10H,1,3,7H2. The SMILES string of the molecule is O=C(c1csc(-c2ccco2)n1)N1CCCc2cc(C(F)(F)F)ccc21. The Hall–Kier alpha value is -2.61. The molecule has 0 aliphatic carbocycles. The summed E-state index contributed by atoms with van der Waals surface area (Å²) >= 11 is 1.29. The van der Waals surface area contributed by atoms with Gasteiger partial charge in [-0.3, -0.25) is 4.79 Å². The maximum atomic E-state index is 12.9. The normalized spacial score (nSPS) is 14.3. The molecule has 0 N–H and O–H groups in total. The topological polar surface area (TPSA) is 46.3 Å². The van der Waals surface area contributed by atoms with E-state index in [2.05, 4.69) is 4.98 Å². The molecule has 2 aromatic heterocycles. The number of rotatable bonds is 2. The van der Waals surface area contributed by atoms with Gasteiger partial charge in [0.05, 0.1) is 11.8 Å². The van der Waals surface area contributed by atoms with Crippen molar-refractivity contribution in [3.63, 3.8) is 0 Å². The molecule has 26 heavy (non-hydrogen) atoms. The summed E-state index contributed by atoms with van der Waals surface area (Å²) in [6.07, 6.45) is -1.75. The van der Waals surface area contributed by atoms with E-state index in [4.69, 9.17) is 4.42 Å². The van der Waals surface area contributed by atoms with Crippen molar-refractivity contribution >= 4 is 22.9 Å². The summed E-state index contributed by atoms with van der Waals surface area (Å²) in [4.78, 5) is 18.7. The molecule has 0 spiro atoms. The van der Waals surface area contributed by atoms with E-state index in [0.717, 1.165) is 12.1 Å². The van der Waals surface area contributed by atoms with Gasteiger partial charge in [0.15, 0.2) is 10.8 Å². The summed E-state index contributed by atoms with van der Waals surface area (Å²) in [7, 11) is 0. The number of carbonyl (C=O) groups excluding carboxylic acids is 1. The zero-order chi connectivity index (χ0) is 18.3. The third kappa shape index (κ3) is 3.01. The Morgan fingerprint density at radius 1 is 1.27 bits per heavy atom. The number of hydrogen-bond donors (Lipinski definition) is 0. The molecular weight excluding hydrogens is 365 g/mol. The number of carbonyl (C=O) groups is 1. The van der Waals surface area contributed by atoms with Gasteiger partial charge in [-0.05, 0) is 48.7 Å².